The number of carbonyl (C=O) groups excluding carboxylic acids is 1. The summed E-state index contributed by atoms with van der Waals surface area (Å²) in [4.78, 5) is 22.5. The van der Waals surface area contributed by atoms with Crippen LogP contribution in [0.4, 0.5) is 11.4 Å². The van der Waals surface area contributed by atoms with Gasteiger partial charge in [0.2, 0.25) is 6.79 Å². The summed E-state index contributed by atoms with van der Waals surface area (Å²) in [6, 6.07) is 8.92. The summed E-state index contributed by atoms with van der Waals surface area (Å²) in [5, 5.41) is 13.5. The molecular formula is C15H12N2O6. The molecular weight excluding hydrogens is 304 g/mol. The van der Waals surface area contributed by atoms with Gasteiger partial charge in [-0.05, 0) is 18.2 Å². The van der Waals surface area contributed by atoms with E-state index in [1.54, 1.807) is 18.2 Å². The third kappa shape index (κ3) is 2.86. The number of amides is 1. The minimum absolute atomic E-state index is 0.0216. The maximum atomic E-state index is 12.3. The lowest BCUT2D eigenvalue weighted by atomic mass is 10.1. The van der Waals surface area contributed by atoms with Crippen molar-refractivity contribution in [2.24, 2.45) is 0 Å². The molecule has 0 spiro atoms. The van der Waals surface area contributed by atoms with Gasteiger partial charge in [0, 0.05) is 29.4 Å². The van der Waals surface area contributed by atoms with Crippen molar-refractivity contribution in [3.8, 4) is 17.2 Å². The van der Waals surface area contributed by atoms with Crippen molar-refractivity contribution in [1.82, 2.24) is 0 Å². The smallest absolute Gasteiger partial charge is 0.310 e. The highest BCUT2D eigenvalue weighted by atomic mass is 16.7. The van der Waals surface area contributed by atoms with Gasteiger partial charge in [-0.2, -0.15) is 0 Å². The maximum absolute atomic E-state index is 12.3. The molecule has 2 aromatic rings. The molecule has 0 bridgehead atoms. The van der Waals surface area contributed by atoms with Crippen molar-refractivity contribution in [1.29, 1.82) is 0 Å². The molecule has 0 unspecified atom stereocenters. The summed E-state index contributed by atoms with van der Waals surface area (Å²) < 4.78 is 15.4. The molecule has 3 rings (SSSR count). The quantitative estimate of drug-likeness (QED) is 0.687. The van der Waals surface area contributed by atoms with E-state index in [0.29, 0.717) is 17.2 Å². The Hall–Kier alpha value is -3.29. The van der Waals surface area contributed by atoms with Crippen LogP contribution in [-0.4, -0.2) is 24.7 Å². The lowest BCUT2D eigenvalue weighted by Crippen LogP contribution is -2.12. The molecule has 118 valence electrons. The first kappa shape index (κ1) is 14.6. The van der Waals surface area contributed by atoms with E-state index in [4.69, 9.17) is 14.2 Å². The predicted octanol–water partition coefficient (Wildman–Crippen LogP) is 2.58. The second-order valence-electron chi connectivity index (χ2n) is 4.67. The van der Waals surface area contributed by atoms with Crippen molar-refractivity contribution < 1.29 is 23.9 Å². The Balaban J connectivity index is 1.82. The molecule has 0 atom stereocenters. The fraction of sp³-hybridized carbons (Fsp3) is 0.133. The van der Waals surface area contributed by atoms with Gasteiger partial charge in [0.15, 0.2) is 17.2 Å². The van der Waals surface area contributed by atoms with Gasteiger partial charge in [-0.3, -0.25) is 14.9 Å². The molecule has 2 aromatic carbocycles. The number of fused-ring (bicyclic) bond motifs is 1. The van der Waals surface area contributed by atoms with Gasteiger partial charge in [-0.25, -0.2) is 0 Å². The van der Waals surface area contributed by atoms with Crippen LogP contribution in [-0.2, 0) is 0 Å². The van der Waals surface area contributed by atoms with Crippen molar-refractivity contribution in [2.75, 3.05) is 19.2 Å². The summed E-state index contributed by atoms with van der Waals surface area (Å²) in [6.45, 7) is 0.145. The van der Waals surface area contributed by atoms with Crippen molar-refractivity contribution in [2.45, 2.75) is 0 Å². The largest absolute Gasteiger partial charge is 0.490 e. The molecule has 0 fully saturated rings. The highest BCUT2D eigenvalue weighted by molar-refractivity contribution is 6.04. The topological polar surface area (TPSA) is 99.9 Å². The molecule has 8 nitrogen and oxygen atoms in total. The summed E-state index contributed by atoms with van der Waals surface area (Å²) in [6.07, 6.45) is 0. The van der Waals surface area contributed by atoms with Crippen LogP contribution in [0.2, 0.25) is 0 Å². The van der Waals surface area contributed by atoms with Crippen molar-refractivity contribution >= 4 is 17.3 Å². The second-order valence-corrected chi connectivity index (χ2v) is 4.67. The number of hydrogen-bond acceptors (Lipinski definition) is 6. The number of nitro benzene ring substituents is 1. The number of benzene rings is 2. The van der Waals surface area contributed by atoms with E-state index in [0.717, 1.165) is 0 Å². The first-order valence-electron chi connectivity index (χ1n) is 6.62. The van der Waals surface area contributed by atoms with E-state index < -0.39 is 10.8 Å². The average Bonchev–Trinajstić information content (AvgIpc) is 3.01. The fourth-order valence-corrected chi connectivity index (χ4v) is 2.15. The Bertz CT molecular complexity index is 790. The molecule has 0 radical (unpaired) electrons. The summed E-state index contributed by atoms with van der Waals surface area (Å²) in [5.74, 6) is 0.759. The number of anilines is 1. The maximum Gasteiger partial charge on any atom is 0.310 e. The third-order valence-electron chi connectivity index (χ3n) is 3.27. The number of methoxy groups -OCH3 is 1. The minimum Gasteiger partial charge on any atom is -0.490 e. The molecule has 1 aliphatic heterocycles. The molecule has 0 aromatic heterocycles. The zero-order valence-corrected chi connectivity index (χ0v) is 12.1. The van der Waals surface area contributed by atoms with Crippen LogP contribution in [0, 0.1) is 10.1 Å². The van der Waals surface area contributed by atoms with Gasteiger partial charge in [-0.1, -0.05) is 0 Å². The summed E-state index contributed by atoms with van der Waals surface area (Å²) in [7, 11) is 1.31. The van der Waals surface area contributed by atoms with E-state index in [2.05, 4.69) is 5.32 Å². The zero-order valence-electron chi connectivity index (χ0n) is 12.1. The van der Waals surface area contributed by atoms with Crippen LogP contribution < -0.4 is 19.5 Å². The number of nitro groups is 1. The van der Waals surface area contributed by atoms with E-state index in [-0.39, 0.29) is 23.8 Å². The van der Waals surface area contributed by atoms with Crippen molar-refractivity contribution in [3.63, 3.8) is 0 Å². The van der Waals surface area contributed by atoms with E-state index in [1.807, 2.05) is 0 Å². The number of rotatable bonds is 4. The molecule has 0 saturated heterocycles. The molecule has 23 heavy (non-hydrogen) atoms. The number of nitrogens with one attached hydrogen (secondary N) is 1. The number of nitrogens with zero attached hydrogens (tertiary/aromatic N) is 1. The molecule has 1 amide bonds. The molecule has 1 N–H and O–H groups in total. The number of hydrogen-bond donors (Lipinski definition) is 1. The van der Waals surface area contributed by atoms with Gasteiger partial charge < -0.3 is 19.5 Å². The monoisotopic (exact) mass is 316 g/mol. The Labute approximate surface area is 130 Å². The number of ether oxygens (including phenoxy) is 3. The van der Waals surface area contributed by atoms with E-state index in [1.165, 1.54) is 25.3 Å². The Kier molecular flexibility index (Phi) is 3.71. The Morgan fingerprint density at radius 2 is 2.00 bits per heavy atom. The highest BCUT2D eigenvalue weighted by Crippen LogP contribution is 2.34. The van der Waals surface area contributed by atoms with E-state index >= 15 is 0 Å². The van der Waals surface area contributed by atoms with Gasteiger partial charge >= 0.3 is 5.69 Å². The van der Waals surface area contributed by atoms with Gasteiger partial charge in [-0.15, -0.1) is 0 Å². The Morgan fingerprint density at radius 1 is 1.22 bits per heavy atom. The van der Waals surface area contributed by atoms with Crippen molar-refractivity contribution in [3.05, 3.63) is 52.1 Å². The normalized spacial score (nSPS) is 11.9. The molecule has 0 aliphatic carbocycles. The lowest BCUT2D eigenvalue weighted by molar-refractivity contribution is -0.385. The van der Waals surface area contributed by atoms with E-state index in [9.17, 15) is 14.9 Å². The first-order chi connectivity index (χ1) is 11.1. The summed E-state index contributed by atoms with van der Waals surface area (Å²) in [5.41, 5.74) is 0.564. The second kappa shape index (κ2) is 5.84. The fourth-order valence-electron chi connectivity index (χ4n) is 2.15. The van der Waals surface area contributed by atoms with Crippen LogP contribution in [0.1, 0.15) is 10.4 Å². The van der Waals surface area contributed by atoms with Crippen LogP contribution in [0.25, 0.3) is 0 Å². The SMILES string of the molecule is COc1cc(C(=O)Nc2ccc3c(c2)OCO3)ccc1[N+](=O)[O-]. The zero-order chi connectivity index (χ0) is 16.4. The van der Waals surface area contributed by atoms with Crippen LogP contribution in [0.15, 0.2) is 36.4 Å². The summed E-state index contributed by atoms with van der Waals surface area (Å²) >= 11 is 0. The predicted molar refractivity (Wildman–Crippen MR) is 80.2 cm³/mol. The minimum atomic E-state index is -0.571. The first-order valence-corrected chi connectivity index (χ1v) is 6.62. The average molecular weight is 316 g/mol. The Morgan fingerprint density at radius 3 is 2.74 bits per heavy atom. The molecule has 8 heteroatoms. The molecule has 1 aliphatic rings. The number of carbonyl (C=O) groups is 1. The highest BCUT2D eigenvalue weighted by Gasteiger charge is 2.18. The van der Waals surface area contributed by atoms with Gasteiger partial charge in [0.1, 0.15) is 0 Å². The molecule has 1 heterocycles. The van der Waals surface area contributed by atoms with Gasteiger partial charge in [0.05, 0.1) is 12.0 Å². The van der Waals surface area contributed by atoms with Crippen LogP contribution in [0.3, 0.4) is 0 Å². The van der Waals surface area contributed by atoms with Crippen LogP contribution in [0.5, 0.6) is 17.2 Å². The van der Waals surface area contributed by atoms with Crippen LogP contribution >= 0.6 is 0 Å². The van der Waals surface area contributed by atoms with Gasteiger partial charge in [0.25, 0.3) is 5.91 Å². The molecule has 0 saturated carbocycles. The standard InChI is InChI=1S/C15H12N2O6/c1-21-13-6-9(2-4-11(13)17(19)20)15(18)16-10-3-5-12-14(7-10)23-8-22-12/h2-7H,8H2,1H3,(H,16,18). The lowest BCUT2D eigenvalue weighted by Gasteiger charge is -2.08. The third-order valence-corrected chi connectivity index (χ3v) is 3.27.